The first kappa shape index (κ1) is 13.8. The Morgan fingerprint density at radius 1 is 1.19 bits per heavy atom. The van der Waals surface area contributed by atoms with Crippen molar-refractivity contribution in [1.82, 2.24) is 4.57 Å². The molecule has 0 bridgehead atoms. The Kier molecular flexibility index (Phi) is 3.76. The van der Waals surface area contributed by atoms with E-state index in [1.807, 2.05) is 12.1 Å². The van der Waals surface area contributed by atoms with Crippen LogP contribution in [0.3, 0.4) is 0 Å². The summed E-state index contributed by atoms with van der Waals surface area (Å²) in [5.74, 6) is 2.32. The molecule has 1 heterocycles. The molecule has 0 aliphatic heterocycles. The third-order valence-electron chi connectivity index (χ3n) is 3.66. The van der Waals surface area contributed by atoms with E-state index < -0.39 is 0 Å². The molecule has 0 aliphatic carbocycles. The Labute approximate surface area is 125 Å². The molecule has 0 saturated heterocycles. The molecule has 3 nitrogen and oxygen atoms in total. The maximum Gasteiger partial charge on any atom is 0.122 e. The van der Waals surface area contributed by atoms with Gasteiger partial charge in [-0.3, -0.25) is 5.41 Å². The van der Waals surface area contributed by atoms with E-state index in [1.165, 1.54) is 16.4 Å². The molecular formula is C17H18N3P. The highest BCUT2D eigenvalue weighted by Crippen LogP contribution is 2.29. The van der Waals surface area contributed by atoms with Crippen LogP contribution in [-0.2, 0) is 6.54 Å². The van der Waals surface area contributed by atoms with Crippen LogP contribution in [0.4, 0.5) is 0 Å². The highest BCUT2D eigenvalue weighted by molar-refractivity contribution is 7.40. The number of fused-ring (bicyclic) bond motifs is 3. The van der Waals surface area contributed by atoms with E-state index >= 15 is 0 Å². The maximum absolute atomic E-state index is 7.62. The van der Waals surface area contributed by atoms with Crippen LogP contribution < -0.4 is 5.73 Å². The van der Waals surface area contributed by atoms with Crippen molar-refractivity contribution in [1.29, 1.82) is 5.41 Å². The van der Waals surface area contributed by atoms with Gasteiger partial charge in [-0.25, -0.2) is 0 Å². The van der Waals surface area contributed by atoms with Gasteiger partial charge < -0.3 is 10.3 Å². The normalized spacial score (nSPS) is 12.2. The lowest BCUT2D eigenvalue weighted by Gasteiger charge is -2.04. The molecule has 0 saturated carbocycles. The zero-order chi connectivity index (χ0) is 14.8. The lowest BCUT2D eigenvalue weighted by molar-refractivity contribution is 0.900. The molecular weight excluding hydrogens is 277 g/mol. The summed E-state index contributed by atoms with van der Waals surface area (Å²) >= 11 is 0. The molecule has 0 spiro atoms. The maximum atomic E-state index is 7.62. The molecule has 1 unspecified atom stereocenters. The third kappa shape index (κ3) is 2.45. The quantitative estimate of drug-likeness (QED) is 0.428. The van der Waals surface area contributed by atoms with Crippen LogP contribution in [0.1, 0.15) is 5.56 Å². The first-order chi connectivity index (χ1) is 10.2. The van der Waals surface area contributed by atoms with Gasteiger partial charge in [0.1, 0.15) is 5.84 Å². The largest absolute Gasteiger partial charge is 0.384 e. The van der Waals surface area contributed by atoms with E-state index in [2.05, 4.69) is 53.5 Å². The summed E-state index contributed by atoms with van der Waals surface area (Å²) in [4.78, 5) is 0. The van der Waals surface area contributed by atoms with Crippen molar-refractivity contribution in [3.8, 4) is 0 Å². The highest BCUT2D eigenvalue weighted by atomic mass is 31.1. The number of allylic oxidation sites excluding steroid dienone is 1. The van der Waals surface area contributed by atoms with Crippen molar-refractivity contribution in [2.75, 3.05) is 6.66 Å². The van der Waals surface area contributed by atoms with E-state index in [0.717, 1.165) is 26.1 Å². The van der Waals surface area contributed by atoms with Crippen LogP contribution in [-0.4, -0.2) is 17.1 Å². The minimum absolute atomic E-state index is 0.112. The number of rotatable bonds is 4. The molecule has 0 aliphatic rings. The van der Waals surface area contributed by atoms with Crippen LogP contribution in [0.5, 0.6) is 0 Å². The van der Waals surface area contributed by atoms with E-state index in [1.54, 1.807) is 0 Å². The zero-order valence-corrected chi connectivity index (χ0v) is 12.9. The second-order valence-electron chi connectivity index (χ2n) is 4.96. The minimum Gasteiger partial charge on any atom is -0.384 e. The van der Waals surface area contributed by atoms with Gasteiger partial charge in [0.15, 0.2) is 0 Å². The van der Waals surface area contributed by atoms with Gasteiger partial charge in [-0.05, 0) is 30.9 Å². The Balaban J connectivity index is 2.28. The highest BCUT2D eigenvalue weighted by Gasteiger charge is 2.10. The average Bonchev–Trinajstić information content (AvgIpc) is 2.81. The standard InChI is InChI=1S/C17H18N3P/c1-21-10-4-9-20-15-6-3-2-5-13(15)14-11-12(17(18)19)7-8-16(14)20/h2-8,10-11,21H,9H2,1H3,(H3,18,19)/b10-4+. The smallest absolute Gasteiger partial charge is 0.122 e. The molecule has 1 atom stereocenters. The Morgan fingerprint density at radius 2 is 1.95 bits per heavy atom. The number of para-hydroxylation sites is 1. The minimum atomic E-state index is 0.112. The molecule has 0 fully saturated rings. The number of hydrogen-bond acceptors (Lipinski definition) is 1. The predicted octanol–water partition coefficient (Wildman–Crippen LogP) is 3.90. The van der Waals surface area contributed by atoms with Gasteiger partial charge in [0.25, 0.3) is 0 Å². The lowest BCUT2D eigenvalue weighted by atomic mass is 10.1. The fraction of sp³-hybridized carbons (Fsp3) is 0.118. The van der Waals surface area contributed by atoms with Crippen LogP contribution in [0.15, 0.2) is 54.4 Å². The Bertz CT molecular complexity index is 846. The molecule has 2 aromatic carbocycles. The van der Waals surface area contributed by atoms with Crippen molar-refractivity contribution in [3.05, 3.63) is 59.9 Å². The fourth-order valence-corrected chi connectivity index (χ4v) is 3.03. The molecule has 3 rings (SSSR count). The summed E-state index contributed by atoms with van der Waals surface area (Å²) in [7, 11) is 0.829. The second-order valence-corrected chi connectivity index (χ2v) is 5.88. The number of amidine groups is 1. The van der Waals surface area contributed by atoms with E-state index in [4.69, 9.17) is 11.1 Å². The number of hydrogen-bond donors (Lipinski definition) is 2. The summed E-state index contributed by atoms with van der Waals surface area (Å²) < 4.78 is 2.31. The summed E-state index contributed by atoms with van der Waals surface area (Å²) in [6, 6.07) is 14.4. The van der Waals surface area contributed by atoms with Gasteiger partial charge in [-0.1, -0.05) is 30.1 Å². The van der Waals surface area contributed by atoms with Gasteiger partial charge in [0.2, 0.25) is 0 Å². The molecule has 4 heteroatoms. The number of benzene rings is 2. The van der Waals surface area contributed by atoms with Gasteiger partial charge in [-0.2, -0.15) is 0 Å². The molecule has 0 radical (unpaired) electrons. The Morgan fingerprint density at radius 3 is 2.71 bits per heavy atom. The molecule has 1 aromatic heterocycles. The first-order valence-electron chi connectivity index (χ1n) is 6.90. The number of nitrogens with two attached hydrogens (primary N) is 1. The van der Waals surface area contributed by atoms with Crippen LogP contribution >= 0.6 is 8.58 Å². The summed E-state index contributed by atoms with van der Waals surface area (Å²) in [6.07, 6.45) is 2.21. The monoisotopic (exact) mass is 295 g/mol. The van der Waals surface area contributed by atoms with Crippen molar-refractivity contribution in [2.45, 2.75) is 6.54 Å². The number of aromatic nitrogens is 1. The number of nitrogens with one attached hydrogen (secondary N) is 1. The second kappa shape index (κ2) is 5.71. The number of nitrogens with zero attached hydrogens (tertiary/aromatic N) is 1. The number of nitrogen functional groups attached to an aromatic ring is 1. The van der Waals surface area contributed by atoms with Gasteiger partial charge in [0, 0.05) is 33.9 Å². The fourth-order valence-electron chi connectivity index (χ4n) is 2.69. The van der Waals surface area contributed by atoms with Crippen molar-refractivity contribution >= 4 is 36.2 Å². The van der Waals surface area contributed by atoms with Crippen molar-refractivity contribution < 1.29 is 0 Å². The molecule has 21 heavy (non-hydrogen) atoms. The van der Waals surface area contributed by atoms with E-state index in [9.17, 15) is 0 Å². The lowest BCUT2D eigenvalue weighted by Crippen LogP contribution is -2.10. The third-order valence-corrected chi connectivity index (χ3v) is 4.22. The summed E-state index contributed by atoms with van der Waals surface area (Å²) in [5, 5.41) is 9.99. The van der Waals surface area contributed by atoms with Gasteiger partial charge in [-0.15, -0.1) is 8.58 Å². The molecule has 0 amide bonds. The summed E-state index contributed by atoms with van der Waals surface area (Å²) in [5.41, 5.74) is 8.80. The SMILES string of the molecule is CP/C=C/Cn1c2ccccc2c2cc(C(=N)N)ccc21. The van der Waals surface area contributed by atoms with Crippen LogP contribution in [0.25, 0.3) is 21.8 Å². The van der Waals surface area contributed by atoms with Crippen molar-refractivity contribution in [3.63, 3.8) is 0 Å². The van der Waals surface area contributed by atoms with Gasteiger partial charge >= 0.3 is 0 Å². The van der Waals surface area contributed by atoms with Crippen molar-refractivity contribution in [2.24, 2.45) is 5.73 Å². The van der Waals surface area contributed by atoms with E-state index in [0.29, 0.717) is 0 Å². The molecule has 3 aromatic rings. The predicted molar refractivity (Wildman–Crippen MR) is 93.8 cm³/mol. The zero-order valence-electron chi connectivity index (χ0n) is 11.9. The molecule has 106 valence electrons. The van der Waals surface area contributed by atoms with Gasteiger partial charge in [0.05, 0.1) is 0 Å². The topological polar surface area (TPSA) is 54.8 Å². The first-order valence-corrected chi connectivity index (χ1v) is 8.48. The van der Waals surface area contributed by atoms with Crippen LogP contribution in [0.2, 0.25) is 0 Å². The average molecular weight is 295 g/mol. The summed E-state index contributed by atoms with van der Waals surface area (Å²) in [6.45, 7) is 3.03. The molecule has 3 N–H and O–H groups in total. The van der Waals surface area contributed by atoms with Crippen LogP contribution in [0, 0.1) is 5.41 Å². The Hall–Kier alpha value is -2.12. The van der Waals surface area contributed by atoms with E-state index in [-0.39, 0.29) is 5.84 Å².